The molecule has 0 saturated carbocycles. The predicted molar refractivity (Wildman–Crippen MR) is 106 cm³/mol. The molecule has 2 heterocycles. The lowest BCUT2D eigenvalue weighted by Crippen LogP contribution is -1.84. The highest BCUT2D eigenvalue weighted by Gasteiger charge is 2.11. The molecule has 0 spiro atoms. The fourth-order valence-corrected chi connectivity index (χ4v) is 4.09. The number of benzene rings is 4. The molecule has 0 unspecified atom stereocenters. The zero-order valence-corrected chi connectivity index (χ0v) is 13.5. The molecule has 116 valence electrons. The fraction of sp³-hybridized carbons (Fsp3) is 0. The van der Waals surface area contributed by atoms with Crippen molar-refractivity contribution < 1.29 is 0 Å². The maximum atomic E-state index is 4.61. The van der Waals surface area contributed by atoms with Gasteiger partial charge < -0.3 is 4.98 Å². The van der Waals surface area contributed by atoms with Crippen LogP contribution in [0.4, 0.5) is 0 Å². The smallest absolute Gasteiger partial charge is 0.0708 e. The van der Waals surface area contributed by atoms with Gasteiger partial charge in [0.25, 0.3) is 0 Å². The minimum Gasteiger partial charge on any atom is -0.354 e. The van der Waals surface area contributed by atoms with Crippen LogP contribution in [0.2, 0.25) is 0 Å². The largest absolute Gasteiger partial charge is 0.354 e. The molecule has 0 saturated heterocycles. The number of nitrogens with one attached hydrogen (secondary N) is 1. The van der Waals surface area contributed by atoms with E-state index in [1.54, 1.807) is 0 Å². The van der Waals surface area contributed by atoms with Crippen molar-refractivity contribution >= 4 is 54.3 Å². The van der Waals surface area contributed by atoms with Gasteiger partial charge in [0, 0.05) is 44.0 Å². The second-order valence-electron chi connectivity index (χ2n) is 6.56. The van der Waals surface area contributed by atoms with Gasteiger partial charge in [-0.1, -0.05) is 60.7 Å². The third kappa shape index (κ3) is 1.66. The van der Waals surface area contributed by atoms with Crippen LogP contribution < -0.4 is 0 Å². The van der Waals surface area contributed by atoms with Crippen LogP contribution in [0.5, 0.6) is 0 Å². The number of rotatable bonds is 0. The number of fused-ring (bicyclic) bond motifs is 9. The van der Waals surface area contributed by atoms with Gasteiger partial charge in [0.2, 0.25) is 0 Å². The molecular formula is C23H14N2. The first-order valence-electron chi connectivity index (χ1n) is 8.50. The summed E-state index contributed by atoms with van der Waals surface area (Å²) in [5, 5.41) is 8.76. The summed E-state index contributed by atoms with van der Waals surface area (Å²) in [5.74, 6) is 0. The van der Waals surface area contributed by atoms with Crippen molar-refractivity contribution in [3.8, 4) is 0 Å². The lowest BCUT2D eigenvalue weighted by atomic mass is 9.97. The number of H-pyrrole nitrogens is 1. The summed E-state index contributed by atoms with van der Waals surface area (Å²) >= 11 is 0. The highest BCUT2D eigenvalue weighted by molar-refractivity contribution is 6.26. The Hall–Kier alpha value is -3.39. The molecule has 1 N–H and O–H groups in total. The summed E-state index contributed by atoms with van der Waals surface area (Å²) < 4.78 is 0. The molecule has 0 aliphatic heterocycles. The Morgan fingerprint density at radius 3 is 2.28 bits per heavy atom. The Morgan fingerprint density at radius 1 is 0.600 bits per heavy atom. The Labute approximate surface area is 143 Å². The second-order valence-corrected chi connectivity index (χ2v) is 6.56. The highest BCUT2D eigenvalue weighted by Crippen LogP contribution is 2.36. The van der Waals surface area contributed by atoms with Gasteiger partial charge in [-0.25, -0.2) is 0 Å². The predicted octanol–water partition coefficient (Wildman–Crippen LogP) is 6.18. The van der Waals surface area contributed by atoms with Crippen LogP contribution in [-0.4, -0.2) is 9.97 Å². The number of aromatic nitrogens is 2. The van der Waals surface area contributed by atoms with E-state index in [4.69, 9.17) is 0 Å². The quantitative estimate of drug-likeness (QED) is 0.333. The van der Waals surface area contributed by atoms with E-state index in [0.717, 1.165) is 5.52 Å². The summed E-state index contributed by atoms with van der Waals surface area (Å²) in [7, 11) is 0. The first-order chi connectivity index (χ1) is 12.4. The average Bonchev–Trinajstić information content (AvgIpc) is 3.06. The molecule has 2 nitrogen and oxygen atoms in total. The average molecular weight is 318 g/mol. The van der Waals surface area contributed by atoms with E-state index in [1.165, 1.54) is 48.7 Å². The summed E-state index contributed by atoms with van der Waals surface area (Å²) in [5.41, 5.74) is 3.44. The fourth-order valence-electron chi connectivity index (χ4n) is 4.09. The normalized spacial score (nSPS) is 12.0. The third-order valence-electron chi connectivity index (χ3n) is 5.23. The van der Waals surface area contributed by atoms with Crippen LogP contribution in [0.15, 0.2) is 79.0 Å². The molecule has 6 aromatic rings. The van der Waals surface area contributed by atoms with E-state index in [2.05, 4.69) is 76.7 Å². The lowest BCUT2D eigenvalue weighted by Gasteiger charge is -2.08. The minimum absolute atomic E-state index is 1.04. The van der Waals surface area contributed by atoms with Crippen LogP contribution in [0.3, 0.4) is 0 Å². The van der Waals surface area contributed by atoms with Gasteiger partial charge in [-0.2, -0.15) is 0 Å². The van der Waals surface area contributed by atoms with Crippen molar-refractivity contribution in [3.63, 3.8) is 0 Å². The van der Waals surface area contributed by atoms with Crippen LogP contribution in [0.1, 0.15) is 0 Å². The summed E-state index contributed by atoms with van der Waals surface area (Å²) in [6.07, 6.45) is 1.98. The summed E-state index contributed by atoms with van der Waals surface area (Å²) in [4.78, 5) is 8.22. The molecule has 25 heavy (non-hydrogen) atoms. The molecule has 6 rings (SSSR count). The zero-order chi connectivity index (χ0) is 16.4. The Balaban J connectivity index is 1.90. The highest BCUT2D eigenvalue weighted by atomic mass is 14.7. The summed E-state index contributed by atoms with van der Waals surface area (Å²) in [6.45, 7) is 0. The molecule has 2 heteroatoms. The van der Waals surface area contributed by atoms with E-state index in [0.29, 0.717) is 0 Å². The summed E-state index contributed by atoms with van der Waals surface area (Å²) in [6, 6.07) is 25.8. The van der Waals surface area contributed by atoms with Crippen molar-refractivity contribution in [3.05, 3.63) is 79.0 Å². The van der Waals surface area contributed by atoms with Gasteiger partial charge in [-0.05, 0) is 17.5 Å². The molecule has 2 aromatic heterocycles. The molecule has 0 fully saturated rings. The Bertz CT molecular complexity index is 1440. The van der Waals surface area contributed by atoms with Crippen molar-refractivity contribution in [2.45, 2.75) is 0 Å². The van der Waals surface area contributed by atoms with Crippen molar-refractivity contribution in [1.82, 2.24) is 9.97 Å². The number of para-hydroxylation sites is 2. The van der Waals surface area contributed by atoms with E-state index in [-0.39, 0.29) is 0 Å². The first kappa shape index (κ1) is 13.0. The van der Waals surface area contributed by atoms with Crippen molar-refractivity contribution in [2.24, 2.45) is 0 Å². The van der Waals surface area contributed by atoms with Crippen LogP contribution in [0, 0.1) is 0 Å². The van der Waals surface area contributed by atoms with Gasteiger partial charge in [0.1, 0.15) is 0 Å². The molecule has 0 radical (unpaired) electrons. The van der Waals surface area contributed by atoms with Gasteiger partial charge >= 0.3 is 0 Å². The standard InChI is InChI=1S/C23H14N2/c1-4-8-21-15(5-1)17-12-11-16-18(23(17)25-21)10-9-14-13-24-20-7-3-2-6-19(20)22(14)16/h1-13,25H. The number of aromatic amines is 1. The van der Waals surface area contributed by atoms with Crippen LogP contribution in [-0.2, 0) is 0 Å². The monoisotopic (exact) mass is 318 g/mol. The molecule has 0 bridgehead atoms. The Morgan fingerprint density at radius 2 is 1.32 bits per heavy atom. The van der Waals surface area contributed by atoms with Gasteiger partial charge in [0.15, 0.2) is 0 Å². The number of nitrogens with zero attached hydrogens (tertiary/aromatic N) is 1. The Kier molecular flexibility index (Phi) is 2.37. The topological polar surface area (TPSA) is 28.7 Å². The van der Waals surface area contributed by atoms with Crippen LogP contribution in [0.25, 0.3) is 54.3 Å². The maximum absolute atomic E-state index is 4.61. The number of hydrogen-bond donors (Lipinski definition) is 1. The maximum Gasteiger partial charge on any atom is 0.0708 e. The van der Waals surface area contributed by atoms with E-state index < -0.39 is 0 Å². The minimum atomic E-state index is 1.04. The van der Waals surface area contributed by atoms with Crippen molar-refractivity contribution in [2.75, 3.05) is 0 Å². The van der Waals surface area contributed by atoms with Gasteiger partial charge in [0.05, 0.1) is 11.0 Å². The van der Waals surface area contributed by atoms with Gasteiger partial charge in [-0.3, -0.25) is 4.98 Å². The molecule has 0 atom stereocenters. The van der Waals surface area contributed by atoms with Crippen molar-refractivity contribution in [1.29, 1.82) is 0 Å². The SMILES string of the molecule is c1ccc2c(c1)ncc1ccc3c(ccc4c5ccccc5[nH]c43)c12. The molecule has 4 aromatic carbocycles. The molecule has 0 aliphatic rings. The first-order valence-corrected chi connectivity index (χ1v) is 8.50. The molecule has 0 aliphatic carbocycles. The molecular weight excluding hydrogens is 304 g/mol. The zero-order valence-electron chi connectivity index (χ0n) is 13.5. The van der Waals surface area contributed by atoms with E-state index >= 15 is 0 Å². The molecule has 0 amide bonds. The van der Waals surface area contributed by atoms with E-state index in [9.17, 15) is 0 Å². The lowest BCUT2D eigenvalue weighted by molar-refractivity contribution is 1.45. The van der Waals surface area contributed by atoms with Crippen LogP contribution >= 0.6 is 0 Å². The third-order valence-corrected chi connectivity index (χ3v) is 5.23. The van der Waals surface area contributed by atoms with E-state index in [1.807, 2.05) is 12.3 Å². The van der Waals surface area contributed by atoms with Gasteiger partial charge in [-0.15, -0.1) is 0 Å². The number of pyridine rings is 1. The second kappa shape index (κ2) is 4.58. The number of hydrogen-bond acceptors (Lipinski definition) is 1.